The molecule has 2 amide bonds. The molecule has 1 aromatic carbocycles. The molecule has 1 aliphatic rings. The van der Waals surface area contributed by atoms with Crippen molar-refractivity contribution in [2.24, 2.45) is 0 Å². The van der Waals surface area contributed by atoms with Crippen LogP contribution in [0.4, 0.5) is 5.69 Å². The molecule has 1 fully saturated rings. The largest absolute Gasteiger partial charge is 0.352 e. The summed E-state index contributed by atoms with van der Waals surface area (Å²) in [5.41, 5.74) is 0.145. The minimum absolute atomic E-state index is 0.0331. The third kappa shape index (κ3) is 3.31. The average Bonchev–Trinajstić information content (AvgIpc) is 3.19. The van der Waals surface area contributed by atoms with Gasteiger partial charge in [-0.25, -0.2) is 0 Å². The third-order valence-electron chi connectivity index (χ3n) is 3.02. The third-order valence-corrected chi connectivity index (χ3v) is 3.02. The lowest BCUT2D eigenvalue weighted by Crippen LogP contribution is -2.38. The van der Waals surface area contributed by atoms with Crippen LogP contribution in [0.3, 0.4) is 0 Å². The fraction of sp³-hybridized carbons (Fsp3) is 0.385. The van der Waals surface area contributed by atoms with Gasteiger partial charge in [0.25, 0.3) is 11.6 Å². The van der Waals surface area contributed by atoms with Gasteiger partial charge in [-0.2, -0.15) is 0 Å². The molecule has 0 atom stereocenters. The van der Waals surface area contributed by atoms with Gasteiger partial charge in [0.15, 0.2) is 0 Å². The van der Waals surface area contributed by atoms with E-state index in [2.05, 4.69) is 10.6 Å². The van der Waals surface area contributed by atoms with E-state index in [0.29, 0.717) is 5.56 Å². The topological polar surface area (TPSA) is 101 Å². The van der Waals surface area contributed by atoms with Crippen LogP contribution in [-0.2, 0) is 4.79 Å². The normalized spacial score (nSPS) is 13.7. The highest BCUT2D eigenvalue weighted by Crippen LogP contribution is 2.22. The van der Waals surface area contributed by atoms with Gasteiger partial charge in [0, 0.05) is 11.6 Å². The van der Waals surface area contributed by atoms with Gasteiger partial charge in [-0.05, 0) is 25.8 Å². The molecule has 0 radical (unpaired) electrons. The Bertz CT molecular complexity index is 567. The van der Waals surface area contributed by atoms with Crippen LogP contribution in [0.1, 0.15) is 28.8 Å². The number of hydrogen-bond acceptors (Lipinski definition) is 4. The van der Waals surface area contributed by atoms with Crippen molar-refractivity contribution < 1.29 is 14.5 Å². The number of nitrogens with one attached hydrogen (secondary N) is 2. The summed E-state index contributed by atoms with van der Waals surface area (Å²) in [4.78, 5) is 33.8. The predicted octanol–water partition coefficient (Wildman–Crippen LogP) is 0.912. The molecule has 20 heavy (non-hydrogen) atoms. The molecule has 0 aliphatic heterocycles. The summed E-state index contributed by atoms with van der Waals surface area (Å²) in [6, 6.07) is 4.72. The van der Waals surface area contributed by atoms with Gasteiger partial charge in [0.1, 0.15) is 5.56 Å². The maximum absolute atomic E-state index is 11.9. The molecule has 106 valence electrons. The van der Waals surface area contributed by atoms with E-state index in [1.54, 1.807) is 19.1 Å². The van der Waals surface area contributed by atoms with Crippen molar-refractivity contribution in [2.45, 2.75) is 25.8 Å². The highest BCUT2D eigenvalue weighted by Gasteiger charge is 2.25. The molecule has 7 heteroatoms. The van der Waals surface area contributed by atoms with Crippen molar-refractivity contribution >= 4 is 17.5 Å². The standard InChI is InChI=1S/C13H15N3O4/c1-8-3-2-4-10(12(8)16(19)20)13(18)14-7-11(17)15-9-5-6-9/h2-4,9H,5-7H2,1H3,(H,14,18)(H,15,17). The number of carbonyl (C=O) groups excluding carboxylic acids is 2. The molecule has 0 bridgehead atoms. The first-order valence-corrected chi connectivity index (χ1v) is 6.30. The van der Waals surface area contributed by atoms with Gasteiger partial charge in [-0.3, -0.25) is 19.7 Å². The summed E-state index contributed by atoms with van der Waals surface area (Å²) in [7, 11) is 0. The van der Waals surface area contributed by atoms with Crippen molar-refractivity contribution in [1.82, 2.24) is 10.6 Å². The monoisotopic (exact) mass is 277 g/mol. The van der Waals surface area contributed by atoms with Crippen molar-refractivity contribution in [3.8, 4) is 0 Å². The zero-order valence-electron chi connectivity index (χ0n) is 11.0. The smallest absolute Gasteiger partial charge is 0.285 e. The Morgan fingerprint density at radius 3 is 2.70 bits per heavy atom. The molecule has 2 rings (SSSR count). The molecular formula is C13H15N3O4. The summed E-state index contributed by atoms with van der Waals surface area (Å²) in [5, 5.41) is 16.1. The zero-order chi connectivity index (χ0) is 14.7. The van der Waals surface area contributed by atoms with Crippen molar-refractivity contribution in [1.29, 1.82) is 0 Å². The van der Waals surface area contributed by atoms with Crippen molar-refractivity contribution in [3.05, 3.63) is 39.4 Å². The summed E-state index contributed by atoms with van der Waals surface area (Å²) >= 11 is 0. The summed E-state index contributed by atoms with van der Waals surface area (Å²) in [6.45, 7) is 1.38. The molecule has 7 nitrogen and oxygen atoms in total. The summed E-state index contributed by atoms with van der Waals surface area (Å²) in [5.74, 6) is -0.900. The maximum atomic E-state index is 11.9. The van der Waals surface area contributed by atoms with Crippen LogP contribution in [0.5, 0.6) is 0 Å². The molecule has 0 aromatic heterocycles. The molecule has 0 heterocycles. The Kier molecular flexibility index (Phi) is 3.97. The van der Waals surface area contributed by atoms with E-state index in [1.165, 1.54) is 6.07 Å². The number of nitrogens with zero attached hydrogens (tertiary/aromatic N) is 1. The lowest BCUT2D eigenvalue weighted by atomic mass is 10.1. The summed E-state index contributed by atoms with van der Waals surface area (Å²) in [6.07, 6.45) is 1.92. The van der Waals surface area contributed by atoms with Crippen LogP contribution in [0.15, 0.2) is 18.2 Å². The predicted molar refractivity (Wildman–Crippen MR) is 71.3 cm³/mol. The highest BCUT2D eigenvalue weighted by atomic mass is 16.6. The molecule has 1 saturated carbocycles. The summed E-state index contributed by atoms with van der Waals surface area (Å²) < 4.78 is 0. The minimum Gasteiger partial charge on any atom is -0.352 e. The average molecular weight is 277 g/mol. The van der Waals surface area contributed by atoms with Crippen LogP contribution in [-0.4, -0.2) is 29.3 Å². The van der Waals surface area contributed by atoms with Crippen molar-refractivity contribution in [3.63, 3.8) is 0 Å². The molecule has 1 aliphatic carbocycles. The Hall–Kier alpha value is -2.44. The number of benzene rings is 1. The number of hydrogen-bond donors (Lipinski definition) is 2. The Morgan fingerprint density at radius 2 is 2.10 bits per heavy atom. The number of carbonyl (C=O) groups is 2. The van der Waals surface area contributed by atoms with Crippen LogP contribution in [0.2, 0.25) is 0 Å². The second-order valence-corrected chi connectivity index (χ2v) is 4.75. The first kappa shape index (κ1) is 14.0. The molecule has 1 aromatic rings. The zero-order valence-corrected chi connectivity index (χ0v) is 11.0. The minimum atomic E-state index is -0.619. The van der Waals surface area contributed by atoms with Gasteiger partial charge in [0.2, 0.25) is 5.91 Å². The van der Waals surface area contributed by atoms with Crippen LogP contribution in [0.25, 0.3) is 0 Å². The van der Waals surface area contributed by atoms with Gasteiger partial charge in [-0.1, -0.05) is 12.1 Å². The van der Waals surface area contributed by atoms with E-state index in [0.717, 1.165) is 12.8 Å². The second kappa shape index (κ2) is 5.68. The number of rotatable bonds is 5. The molecule has 0 spiro atoms. The first-order valence-electron chi connectivity index (χ1n) is 6.30. The number of nitro groups is 1. The van der Waals surface area contributed by atoms with Gasteiger partial charge >= 0.3 is 0 Å². The number of nitro benzene ring substituents is 1. The Balaban J connectivity index is 2.03. The lowest BCUT2D eigenvalue weighted by molar-refractivity contribution is -0.385. The van der Waals surface area contributed by atoms with Crippen LogP contribution < -0.4 is 10.6 Å². The maximum Gasteiger partial charge on any atom is 0.285 e. The SMILES string of the molecule is Cc1cccc(C(=O)NCC(=O)NC2CC2)c1[N+](=O)[O-]. The van der Waals surface area contributed by atoms with E-state index in [4.69, 9.17) is 0 Å². The van der Waals surface area contributed by atoms with E-state index in [1.807, 2.05) is 0 Å². The highest BCUT2D eigenvalue weighted by molar-refractivity contribution is 6.00. The van der Waals surface area contributed by atoms with E-state index in [9.17, 15) is 19.7 Å². The molecule has 2 N–H and O–H groups in total. The molecular weight excluding hydrogens is 262 g/mol. The number of para-hydroxylation sites is 1. The van der Waals surface area contributed by atoms with E-state index < -0.39 is 10.8 Å². The fourth-order valence-electron chi connectivity index (χ4n) is 1.85. The van der Waals surface area contributed by atoms with Gasteiger partial charge < -0.3 is 10.6 Å². The second-order valence-electron chi connectivity index (χ2n) is 4.75. The van der Waals surface area contributed by atoms with Gasteiger partial charge in [0.05, 0.1) is 11.5 Å². The van der Waals surface area contributed by atoms with Crippen LogP contribution in [0, 0.1) is 17.0 Å². The number of aryl methyl sites for hydroxylation is 1. The Morgan fingerprint density at radius 1 is 1.40 bits per heavy atom. The van der Waals surface area contributed by atoms with Gasteiger partial charge in [-0.15, -0.1) is 0 Å². The lowest BCUT2D eigenvalue weighted by Gasteiger charge is -2.07. The molecule has 0 unspecified atom stereocenters. The first-order chi connectivity index (χ1) is 9.49. The van der Waals surface area contributed by atoms with Crippen LogP contribution >= 0.6 is 0 Å². The Labute approximate surface area is 115 Å². The van der Waals surface area contributed by atoms with E-state index in [-0.39, 0.29) is 29.7 Å². The number of amides is 2. The van der Waals surface area contributed by atoms with E-state index >= 15 is 0 Å². The fourth-order valence-corrected chi connectivity index (χ4v) is 1.85. The quantitative estimate of drug-likeness (QED) is 0.617. The van der Waals surface area contributed by atoms with Crippen molar-refractivity contribution in [2.75, 3.05) is 6.54 Å². The molecule has 0 saturated heterocycles.